The third-order valence-electron chi connectivity index (χ3n) is 5.02. The fourth-order valence-electron chi connectivity index (χ4n) is 4.52. The summed E-state index contributed by atoms with van der Waals surface area (Å²) in [5, 5.41) is 0. The van der Waals surface area contributed by atoms with E-state index in [2.05, 4.69) is 124 Å². The third kappa shape index (κ3) is 29.6. The third-order valence-corrected chi connectivity index (χ3v) is 52.9. The van der Waals surface area contributed by atoms with Gasteiger partial charge in [-0.2, -0.15) is 0 Å². The molecular weight excluding hydrogens is 606 g/mol. The summed E-state index contributed by atoms with van der Waals surface area (Å²) in [5.41, 5.74) is 0. The predicted molar refractivity (Wildman–Crippen MR) is 196 cm³/mol. The van der Waals surface area contributed by atoms with Crippen molar-refractivity contribution in [2.24, 2.45) is 0 Å². The summed E-state index contributed by atoms with van der Waals surface area (Å²) in [6, 6.07) is 0. The van der Waals surface area contributed by atoms with Crippen LogP contribution in [0.25, 0.3) is 4.65 Å². The van der Waals surface area contributed by atoms with Gasteiger partial charge in [-0.3, -0.25) is 0 Å². The van der Waals surface area contributed by atoms with Gasteiger partial charge in [-0.15, -0.1) is 0 Å². The van der Waals surface area contributed by atoms with Crippen molar-refractivity contribution in [1.82, 2.24) is 6.38 Å². The minimum absolute atomic E-state index is 0. The summed E-state index contributed by atoms with van der Waals surface area (Å²) in [4.78, 5) is 0. The van der Waals surface area contributed by atoms with Crippen molar-refractivity contribution in [2.75, 3.05) is 13.2 Å². The molecule has 1 saturated heterocycles. The second-order valence-electron chi connectivity index (χ2n) is 15.5. The smallest absolute Gasteiger partial charge is 1.00 e. The quantitative estimate of drug-likeness (QED) is 0.268. The second-order valence-corrected chi connectivity index (χ2v) is 54.0. The first-order valence-corrected chi connectivity index (χ1v) is 36.4. The Morgan fingerprint density at radius 1 is 0.486 bits per heavy atom. The summed E-state index contributed by atoms with van der Waals surface area (Å²) in [5.74, 6) is 0. The largest absolute Gasteiger partial charge is 1.00 e. The topological polar surface area (TPSA) is 29.8 Å². The molecule has 0 spiro atoms. The van der Waals surface area contributed by atoms with E-state index in [1.54, 1.807) is 0 Å². The van der Waals surface area contributed by atoms with E-state index in [1.807, 2.05) is 0 Å². The molecule has 226 valence electrons. The van der Waals surface area contributed by atoms with Crippen molar-refractivity contribution in [2.45, 2.75) is 153 Å². The minimum atomic E-state index is -1.16. The molecule has 0 N–H and O–H groups in total. The summed E-state index contributed by atoms with van der Waals surface area (Å²) in [7, 11) is -6.86. The van der Waals surface area contributed by atoms with Crippen LogP contribution in [0.5, 0.6) is 0 Å². The van der Waals surface area contributed by atoms with Crippen LogP contribution in [-0.4, -0.2) is 84.9 Å². The van der Waals surface area contributed by atoms with Gasteiger partial charge in [0, 0.05) is 13.2 Å². The van der Waals surface area contributed by atoms with Gasteiger partial charge in [-0.25, -0.2) is 0 Å². The van der Waals surface area contributed by atoms with Crippen LogP contribution in [-0.2, 0) is 4.74 Å². The van der Waals surface area contributed by atoms with Crippen molar-refractivity contribution in [3.8, 4) is 0 Å². The van der Waals surface area contributed by atoms with Crippen LogP contribution in [0.1, 0.15) is 35.1 Å². The molecule has 0 bridgehead atoms. The van der Waals surface area contributed by atoms with Gasteiger partial charge in [-0.1, -0.05) is 78.0 Å². The normalized spacial score (nSPS) is 14.6. The Labute approximate surface area is 264 Å². The van der Waals surface area contributed by atoms with Crippen molar-refractivity contribution < 1.29 is 23.6 Å². The molecule has 1 heterocycles. The molecule has 0 aromatic heterocycles. The van der Waals surface area contributed by atoms with E-state index < -0.39 is 65.3 Å². The SMILES string of the molecule is C.C.C.C1CCOC1.C[Si](C)(C)[N-][Si](C)(C)C.C[Si](C)(C)[N]([GeH2][N]([Si](C)(C)C)[Si](C)(C)C)[Si](C)(C)C.[Li+]. The van der Waals surface area contributed by atoms with Crippen LogP contribution < -0.4 is 18.9 Å². The van der Waals surface area contributed by atoms with E-state index in [0.717, 1.165) is 13.2 Å². The molecule has 0 atom stereocenters. The van der Waals surface area contributed by atoms with Crippen molar-refractivity contribution in [3.63, 3.8) is 0 Å². The van der Waals surface area contributed by atoms with Crippen LogP contribution in [0, 0.1) is 0 Å². The maximum absolute atomic E-state index is 4.94. The van der Waals surface area contributed by atoms with Gasteiger partial charge in [0.25, 0.3) is 0 Å². The predicted octanol–water partition coefficient (Wildman–Crippen LogP) is 6.67. The Hall–Kier alpha value is 2.28. The molecule has 37 heavy (non-hydrogen) atoms. The molecule has 0 amide bonds. The van der Waals surface area contributed by atoms with Crippen LogP contribution in [0.15, 0.2) is 0 Å². The Morgan fingerprint density at radius 3 is 0.784 bits per heavy atom. The first kappa shape index (κ1) is 52.0. The first-order chi connectivity index (χ1) is 14.2. The molecule has 0 aliphatic carbocycles. The molecule has 0 radical (unpaired) electrons. The average Bonchev–Trinajstić information content (AvgIpc) is 2.96. The van der Waals surface area contributed by atoms with Crippen LogP contribution in [0.3, 0.4) is 0 Å². The molecular formula is C25H76GeLiN3OSi6. The average molecular weight is 683 g/mol. The first-order valence-electron chi connectivity index (χ1n) is 13.1. The van der Waals surface area contributed by atoms with Gasteiger partial charge >= 0.3 is 153 Å². The van der Waals surface area contributed by atoms with Crippen molar-refractivity contribution in [1.29, 1.82) is 0 Å². The molecule has 12 heteroatoms. The number of hydrogen-bond donors (Lipinski definition) is 0. The maximum Gasteiger partial charge on any atom is 1.00 e. The second kappa shape index (κ2) is 20.2. The van der Waals surface area contributed by atoms with Gasteiger partial charge in [0.05, 0.1) is 0 Å². The molecule has 0 aromatic rings. The van der Waals surface area contributed by atoms with Gasteiger partial charge < -0.3 is 9.38 Å². The van der Waals surface area contributed by atoms with Gasteiger partial charge in [0.1, 0.15) is 0 Å². The number of ether oxygens (including phenoxy) is 1. The zero-order valence-corrected chi connectivity index (χ0v) is 36.3. The minimum Gasteiger partial charge on any atom is 1.00 e. The standard InChI is InChI=1S/C12H38GeN2Si4.C6H18NSi2.C4H8O.3CH4.Li/c1-16(2,3)14(17(4,5)6)13-15(18(7,8)9)19(10,11)12;1-8(2,3)7-9(4,5)6;1-2-4-5-3-1;;;;/h13H2,1-12H3;1-6H3;1-4H2;3*1H4;/q;-1;;;;;+1. The monoisotopic (exact) mass is 683 g/mol. The zero-order valence-electron chi connectivity index (χ0n) is 27.3. The van der Waals surface area contributed by atoms with E-state index >= 15 is 0 Å². The Bertz CT molecular complexity index is 468. The van der Waals surface area contributed by atoms with E-state index in [9.17, 15) is 0 Å². The molecule has 1 aliphatic rings. The van der Waals surface area contributed by atoms with Crippen molar-refractivity contribution >= 4 is 65.3 Å². The fraction of sp³-hybridized carbons (Fsp3) is 1.00. The number of rotatable bonds is 8. The van der Waals surface area contributed by atoms with E-state index in [4.69, 9.17) is 9.38 Å². The summed E-state index contributed by atoms with van der Waals surface area (Å²) in [6.07, 6.45) is 2.56. The van der Waals surface area contributed by atoms with Gasteiger partial charge in [0.2, 0.25) is 0 Å². The van der Waals surface area contributed by atoms with Crippen LogP contribution in [0.2, 0.25) is 118 Å². The molecule has 1 fully saturated rings. The zero-order chi connectivity index (χ0) is 27.1. The Kier molecular flexibility index (Phi) is 28.4. The molecule has 0 unspecified atom stereocenters. The van der Waals surface area contributed by atoms with E-state index in [0.29, 0.717) is 0 Å². The van der Waals surface area contributed by atoms with Crippen LogP contribution >= 0.6 is 0 Å². The fourth-order valence-corrected chi connectivity index (χ4v) is 47.5. The Balaban J connectivity index is -0.000000112. The molecule has 0 saturated carbocycles. The van der Waals surface area contributed by atoms with Crippen molar-refractivity contribution in [3.05, 3.63) is 4.65 Å². The number of nitrogens with zero attached hydrogens (tertiary/aromatic N) is 3. The summed E-state index contributed by atoms with van der Waals surface area (Å²) in [6.45, 7) is 46.5. The van der Waals surface area contributed by atoms with Crippen LogP contribution in [0.4, 0.5) is 0 Å². The molecule has 1 rings (SSSR count). The summed E-state index contributed by atoms with van der Waals surface area (Å²) < 4.78 is 16.0. The molecule has 4 nitrogen and oxygen atoms in total. The molecule has 0 aromatic carbocycles. The van der Waals surface area contributed by atoms with E-state index in [-0.39, 0.29) is 41.1 Å². The molecule has 1 aliphatic heterocycles. The maximum atomic E-state index is 4.94. The summed E-state index contributed by atoms with van der Waals surface area (Å²) >= 11 is -0.788. The van der Waals surface area contributed by atoms with Gasteiger partial charge in [0.15, 0.2) is 0 Å². The number of hydrogen-bond acceptors (Lipinski definition) is 3. The van der Waals surface area contributed by atoms with Gasteiger partial charge in [-0.05, 0) is 12.8 Å². The van der Waals surface area contributed by atoms with E-state index in [1.165, 1.54) is 12.8 Å². The Morgan fingerprint density at radius 2 is 0.703 bits per heavy atom.